The molecule has 7 heteroatoms. The van der Waals surface area contributed by atoms with Gasteiger partial charge in [-0.15, -0.1) is 13.2 Å². The van der Waals surface area contributed by atoms with Crippen molar-refractivity contribution in [2.24, 2.45) is 0 Å². The van der Waals surface area contributed by atoms with Gasteiger partial charge in [-0.1, -0.05) is 38.5 Å². The van der Waals surface area contributed by atoms with Crippen molar-refractivity contribution in [2.45, 2.75) is 71.1 Å². The van der Waals surface area contributed by atoms with E-state index in [1.807, 2.05) is 0 Å². The van der Waals surface area contributed by atoms with E-state index < -0.39 is 17.9 Å². The number of rotatable bonds is 13. The lowest BCUT2D eigenvalue weighted by atomic mass is 10.1. The Morgan fingerprint density at radius 1 is 1.00 bits per heavy atom. The molecule has 0 unspecified atom stereocenters. The Morgan fingerprint density at radius 3 is 2.15 bits per heavy atom. The van der Waals surface area contributed by atoms with Crippen LogP contribution in [0, 0.1) is 0 Å². The molecule has 0 heterocycles. The molecule has 0 fully saturated rings. The minimum Gasteiger partial charge on any atom is -0.504 e. The lowest BCUT2D eigenvalue weighted by Gasteiger charge is -2.12. The van der Waals surface area contributed by atoms with Gasteiger partial charge in [0.25, 0.3) is 0 Å². The summed E-state index contributed by atoms with van der Waals surface area (Å²) in [6.07, 6.45) is 4.15. The fourth-order valence-electron chi connectivity index (χ4n) is 2.52. The number of ketones is 1. The third-order valence-electron chi connectivity index (χ3n) is 3.85. The number of phenolic OH excluding ortho intramolecular Hbond substituents is 1. The fraction of sp³-hybridized carbons (Fsp3) is 0.632. The second-order valence-electron chi connectivity index (χ2n) is 6.31. The number of benzene rings is 1. The molecule has 148 valence electrons. The fourth-order valence-corrected chi connectivity index (χ4v) is 2.52. The number of carbonyl (C=O) groups excluding carboxylic acids is 1. The number of Topliss-reactive ketones (excluding diaryl/α,β-unsaturated/α-hetero) is 1. The normalized spacial score (nSPS) is 11.4. The molecule has 0 bridgehead atoms. The number of halogens is 3. The Morgan fingerprint density at radius 2 is 1.58 bits per heavy atom. The van der Waals surface area contributed by atoms with Gasteiger partial charge in [0.2, 0.25) is 0 Å². The van der Waals surface area contributed by atoms with E-state index in [0.29, 0.717) is 13.0 Å². The SMILES string of the molecule is CC(=O)CCCCCCCCCCOc1ccc(O)c(OC(F)(F)F)c1. The predicted octanol–water partition coefficient (Wildman–Crippen LogP) is 5.77. The van der Waals surface area contributed by atoms with Crippen LogP contribution in [-0.2, 0) is 4.79 Å². The van der Waals surface area contributed by atoms with Crippen molar-refractivity contribution in [3.63, 3.8) is 0 Å². The van der Waals surface area contributed by atoms with Crippen molar-refractivity contribution in [3.8, 4) is 17.2 Å². The first-order valence-corrected chi connectivity index (χ1v) is 8.99. The number of unbranched alkanes of at least 4 members (excludes halogenated alkanes) is 7. The molecular weight excluding hydrogens is 349 g/mol. The van der Waals surface area contributed by atoms with E-state index in [0.717, 1.165) is 63.5 Å². The zero-order valence-corrected chi connectivity index (χ0v) is 15.1. The van der Waals surface area contributed by atoms with Gasteiger partial charge in [0.1, 0.15) is 11.5 Å². The molecule has 26 heavy (non-hydrogen) atoms. The van der Waals surface area contributed by atoms with Crippen LogP contribution in [0.1, 0.15) is 64.7 Å². The third-order valence-corrected chi connectivity index (χ3v) is 3.85. The average Bonchev–Trinajstić information content (AvgIpc) is 2.54. The van der Waals surface area contributed by atoms with Crippen LogP contribution in [0.3, 0.4) is 0 Å². The molecule has 4 nitrogen and oxygen atoms in total. The van der Waals surface area contributed by atoms with E-state index in [4.69, 9.17) is 4.74 Å². The van der Waals surface area contributed by atoms with Crippen molar-refractivity contribution in [2.75, 3.05) is 6.61 Å². The van der Waals surface area contributed by atoms with E-state index in [2.05, 4.69) is 4.74 Å². The van der Waals surface area contributed by atoms with Gasteiger partial charge < -0.3 is 19.4 Å². The summed E-state index contributed by atoms with van der Waals surface area (Å²) in [5.74, 6) is -0.777. The molecule has 0 saturated carbocycles. The Hall–Kier alpha value is -1.92. The van der Waals surface area contributed by atoms with Gasteiger partial charge in [0.15, 0.2) is 11.5 Å². The first-order chi connectivity index (χ1) is 12.3. The Bertz CT molecular complexity index is 544. The summed E-state index contributed by atoms with van der Waals surface area (Å²) >= 11 is 0. The molecule has 0 aliphatic heterocycles. The van der Waals surface area contributed by atoms with Gasteiger partial charge in [-0.2, -0.15) is 0 Å². The van der Waals surface area contributed by atoms with Crippen LogP contribution in [0.25, 0.3) is 0 Å². The minimum atomic E-state index is -4.86. The maximum atomic E-state index is 12.2. The summed E-state index contributed by atoms with van der Waals surface area (Å²) in [6.45, 7) is 2.01. The van der Waals surface area contributed by atoms with Gasteiger partial charge in [0.05, 0.1) is 6.61 Å². The smallest absolute Gasteiger partial charge is 0.504 e. The first-order valence-electron chi connectivity index (χ1n) is 8.99. The van der Waals surface area contributed by atoms with E-state index in [1.165, 1.54) is 6.07 Å². The Balaban J connectivity index is 2.11. The second kappa shape index (κ2) is 11.6. The highest BCUT2D eigenvalue weighted by molar-refractivity contribution is 5.75. The van der Waals surface area contributed by atoms with E-state index in [9.17, 15) is 23.1 Å². The maximum absolute atomic E-state index is 12.2. The lowest BCUT2D eigenvalue weighted by molar-refractivity contribution is -0.275. The summed E-state index contributed by atoms with van der Waals surface area (Å²) in [6, 6.07) is 3.55. The molecule has 0 spiro atoms. The standard InChI is InChI=1S/C19H27F3O4/c1-15(23)10-8-6-4-2-3-5-7-9-13-25-16-11-12-17(24)18(14-16)26-19(20,21)22/h11-12,14,24H,2-10,13H2,1H3. The minimum absolute atomic E-state index is 0.229. The van der Waals surface area contributed by atoms with E-state index >= 15 is 0 Å². The van der Waals surface area contributed by atoms with Crippen molar-refractivity contribution in [1.29, 1.82) is 0 Å². The molecule has 0 radical (unpaired) electrons. The molecule has 1 rings (SSSR count). The highest BCUT2D eigenvalue weighted by atomic mass is 19.4. The summed E-state index contributed by atoms with van der Waals surface area (Å²) in [4.78, 5) is 10.8. The number of hydrogen-bond donors (Lipinski definition) is 1. The molecule has 0 aliphatic rings. The number of hydrogen-bond acceptors (Lipinski definition) is 4. The van der Waals surface area contributed by atoms with Crippen LogP contribution in [0.15, 0.2) is 18.2 Å². The van der Waals surface area contributed by atoms with Gasteiger partial charge in [-0.05, 0) is 31.9 Å². The molecule has 0 aromatic heterocycles. The molecule has 1 aromatic rings. The van der Waals surface area contributed by atoms with Crippen molar-refractivity contribution in [3.05, 3.63) is 18.2 Å². The Labute approximate surface area is 152 Å². The summed E-state index contributed by atoms with van der Waals surface area (Å²) in [7, 11) is 0. The average molecular weight is 376 g/mol. The molecule has 0 amide bonds. The summed E-state index contributed by atoms with van der Waals surface area (Å²) < 4.78 is 45.8. The summed E-state index contributed by atoms with van der Waals surface area (Å²) in [5, 5.41) is 9.37. The molecule has 0 atom stereocenters. The molecule has 0 saturated heterocycles. The van der Waals surface area contributed by atoms with E-state index in [1.54, 1.807) is 6.92 Å². The second-order valence-corrected chi connectivity index (χ2v) is 6.31. The van der Waals surface area contributed by atoms with Crippen LogP contribution >= 0.6 is 0 Å². The molecule has 0 aliphatic carbocycles. The monoisotopic (exact) mass is 376 g/mol. The van der Waals surface area contributed by atoms with Gasteiger partial charge in [0, 0.05) is 12.5 Å². The summed E-state index contributed by atoms with van der Waals surface area (Å²) in [5.41, 5.74) is 0. The van der Waals surface area contributed by atoms with Crippen LogP contribution in [-0.4, -0.2) is 23.9 Å². The zero-order chi connectivity index (χ0) is 19.4. The number of carbonyl (C=O) groups is 1. The van der Waals surface area contributed by atoms with Crippen molar-refractivity contribution < 1.29 is 32.5 Å². The largest absolute Gasteiger partial charge is 0.573 e. The Kier molecular flexibility index (Phi) is 9.91. The first kappa shape index (κ1) is 22.1. The maximum Gasteiger partial charge on any atom is 0.573 e. The lowest BCUT2D eigenvalue weighted by Crippen LogP contribution is -2.17. The predicted molar refractivity (Wildman–Crippen MR) is 92.5 cm³/mol. The highest BCUT2D eigenvalue weighted by Gasteiger charge is 2.32. The van der Waals surface area contributed by atoms with Crippen LogP contribution in [0.2, 0.25) is 0 Å². The number of aromatic hydroxyl groups is 1. The van der Waals surface area contributed by atoms with Crippen molar-refractivity contribution in [1.82, 2.24) is 0 Å². The van der Waals surface area contributed by atoms with Gasteiger partial charge in [-0.3, -0.25) is 0 Å². The molecular formula is C19H27F3O4. The third kappa shape index (κ3) is 10.8. The highest BCUT2D eigenvalue weighted by Crippen LogP contribution is 2.34. The number of ether oxygens (including phenoxy) is 2. The van der Waals surface area contributed by atoms with Gasteiger partial charge >= 0.3 is 6.36 Å². The number of alkyl halides is 3. The topological polar surface area (TPSA) is 55.8 Å². The van der Waals surface area contributed by atoms with Crippen LogP contribution in [0.4, 0.5) is 13.2 Å². The number of phenols is 1. The van der Waals surface area contributed by atoms with Crippen LogP contribution in [0.5, 0.6) is 17.2 Å². The zero-order valence-electron chi connectivity index (χ0n) is 15.1. The van der Waals surface area contributed by atoms with Gasteiger partial charge in [-0.25, -0.2) is 0 Å². The van der Waals surface area contributed by atoms with Crippen LogP contribution < -0.4 is 9.47 Å². The quantitative estimate of drug-likeness (QED) is 0.444. The van der Waals surface area contributed by atoms with Crippen molar-refractivity contribution >= 4 is 5.78 Å². The molecule has 1 aromatic carbocycles. The molecule has 1 N–H and O–H groups in total. The van der Waals surface area contributed by atoms with E-state index in [-0.39, 0.29) is 11.5 Å².